The van der Waals surface area contributed by atoms with Crippen molar-refractivity contribution >= 4 is 5.78 Å². The van der Waals surface area contributed by atoms with Crippen LogP contribution in [0.4, 0.5) is 0 Å². The summed E-state index contributed by atoms with van der Waals surface area (Å²) in [6.45, 7) is 0. The van der Waals surface area contributed by atoms with Gasteiger partial charge >= 0.3 is 0 Å². The Hall–Kier alpha value is -1.18. The molecule has 0 saturated heterocycles. The Bertz CT molecular complexity index is 326. The summed E-state index contributed by atoms with van der Waals surface area (Å²) < 4.78 is 0. The molecule has 1 aliphatic carbocycles. The van der Waals surface area contributed by atoms with Crippen LogP contribution in [-0.2, 0) is 11.2 Å². The van der Waals surface area contributed by atoms with E-state index in [1.807, 2.05) is 18.2 Å². The second-order valence-electron chi connectivity index (χ2n) is 4.65. The van der Waals surface area contributed by atoms with Gasteiger partial charge in [0.1, 0.15) is 5.78 Å². The van der Waals surface area contributed by atoms with Crippen LogP contribution >= 0.6 is 0 Å². The van der Waals surface area contributed by atoms with Crippen molar-refractivity contribution in [2.45, 2.75) is 44.9 Å². The zero-order chi connectivity index (χ0) is 11.2. The summed E-state index contributed by atoms with van der Waals surface area (Å²) in [5.74, 6) is 0.685. The lowest BCUT2D eigenvalue weighted by atomic mass is 9.93. The molecule has 0 radical (unpaired) electrons. The zero-order valence-corrected chi connectivity index (χ0v) is 9.69. The van der Waals surface area contributed by atoms with Crippen molar-refractivity contribution in [1.82, 2.24) is 4.98 Å². The summed E-state index contributed by atoms with van der Waals surface area (Å²) >= 11 is 0. The monoisotopic (exact) mass is 217 g/mol. The van der Waals surface area contributed by atoms with Gasteiger partial charge in [-0.3, -0.25) is 9.78 Å². The largest absolute Gasteiger partial charge is 0.299 e. The first kappa shape index (κ1) is 11.3. The molecular formula is C14H19NO. The number of aromatic nitrogens is 1. The van der Waals surface area contributed by atoms with E-state index < -0.39 is 0 Å². The standard InChI is InChI=1S/C14H19NO/c16-14(11-13-9-5-6-10-15-13)12-7-3-1-2-4-8-12/h5-6,9-10,12H,1-4,7-8,11H2. The molecule has 86 valence electrons. The van der Waals surface area contributed by atoms with E-state index in [-0.39, 0.29) is 0 Å². The number of rotatable bonds is 3. The van der Waals surface area contributed by atoms with Crippen LogP contribution in [0, 0.1) is 5.92 Å². The third-order valence-corrected chi connectivity index (χ3v) is 3.39. The highest BCUT2D eigenvalue weighted by Gasteiger charge is 2.20. The zero-order valence-electron chi connectivity index (χ0n) is 9.69. The molecule has 1 aromatic rings. The number of carbonyl (C=O) groups is 1. The summed E-state index contributed by atoms with van der Waals surface area (Å²) in [6.07, 6.45) is 9.50. The second-order valence-corrected chi connectivity index (χ2v) is 4.65. The lowest BCUT2D eigenvalue weighted by Gasteiger charge is -2.11. The van der Waals surface area contributed by atoms with Crippen LogP contribution in [0.2, 0.25) is 0 Å². The van der Waals surface area contributed by atoms with Crippen molar-refractivity contribution in [2.75, 3.05) is 0 Å². The van der Waals surface area contributed by atoms with Crippen LogP contribution in [0.5, 0.6) is 0 Å². The van der Waals surface area contributed by atoms with Gasteiger partial charge in [-0.15, -0.1) is 0 Å². The van der Waals surface area contributed by atoms with Crippen molar-refractivity contribution in [3.8, 4) is 0 Å². The molecule has 1 saturated carbocycles. The molecule has 0 bridgehead atoms. The molecule has 0 atom stereocenters. The van der Waals surface area contributed by atoms with Crippen molar-refractivity contribution in [1.29, 1.82) is 0 Å². The Kier molecular flexibility index (Phi) is 4.09. The number of nitrogens with zero attached hydrogens (tertiary/aromatic N) is 1. The van der Waals surface area contributed by atoms with Gasteiger partial charge in [-0.25, -0.2) is 0 Å². The average Bonchev–Trinajstić information content (AvgIpc) is 2.59. The van der Waals surface area contributed by atoms with Gasteiger partial charge in [0.2, 0.25) is 0 Å². The predicted molar refractivity (Wildman–Crippen MR) is 64.1 cm³/mol. The summed E-state index contributed by atoms with van der Waals surface area (Å²) in [5, 5.41) is 0. The van der Waals surface area contributed by atoms with E-state index in [9.17, 15) is 4.79 Å². The molecule has 1 aliphatic rings. The van der Waals surface area contributed by atoms with Gasteiger partial charge in [0.15, 0.2) is 0 Å². The normalized spacial score (nSPS) is 18.0. The number of hydrogen-bond donors (Lipinski definition) is 0. The molecule has 0 unspecified atom stereocenters. The average molecular weight is 217 g/mol. The number of Topliss-reactive ketones (excluding diaryl/α,β-unsaturated/α-hetero) is 1. The van der Waals surface area contributed by atoms with Gasteiger partial charge in [0.25, 0.3) is 0 Å². The Labute approximate surface area is 97.1 Å². The molecule has 1 heterocycles. The molecule has 0 aromatic carbocycles. The molecular weight excluding hydrogens is 198 g/mol. The van der Waals surface area contributed by atoms with E-state index in [1.165, 1.54) is 25.7 Å². The number of carbonyl (C=O) groups excluding carboxylic acids is 1. The van der Waals surface area contributed by atoms with Crippen LogP contribution in [0.25, 0.3) is 0 Å². The van der Waals surface area contributed by atoms with Crippen molar-refractivity contribution in [3.05, 3.63) is 30.1 Å². The number of ketones is 1. The Morgan fingerprint density at radius 1 is 1.19 bits per heavy atom. The molecule has 2 rings (SSSR count). The first-order valence-corrected chi connectivity index (χ1v) is 6.29. The summed E-state index contributed by atoms with van der Waals surface area (Å²) in [5.41, 5.74) is 0.914. The topological polar surface area (TPSA) is 30.0 Å². The molecule has 0 aliphatic heterocycles. The predicted octanol–water partition coefficient (Wildman–Crippen LogP) is 3.16. The van der Waals surface area contributed by atoms with Crippen molar-refractivity contribution < 1.29 is 4.79 Å². The fraction of sp³-hybridized carbons (Fsp3) is 0.571. The third kappa shape index (κ3) is 3.16. The highest BCUT2D eigenvalue weighted by atomic mass is 16.1. The fourth-order valence-electron chi connectivity index (χ4n) is 2.43. The van der Waals surface area contributed by atoms with Gasteiger partial charge in [-0.2, -0.15) is 0 Å². The third-order valence-electron chi connectivity index (χ3n) is 3.39. The van der Waals surface area contributed by atoms with Crippen LogP contribution in [-0.4, -0.2) is 10.8 Å². The second kappa shape index (κ2) is 5.78. The SMILES string of the molecule is O=C(Cc1ccccn1)C1CCCCCC1. The maximum absolute atomic E-state index is 12.1. The molecule has 0 spiro atoms. The van der Waals surface area contributed by atoms with Gasteiger partial charge in [0.05, 0.1) is 0 Å². The van der Waals surface area contributed by atoms with Crippen LogP contribution in [0.1, 0.15) is 44.2 Å². The molecule has 0 N–H and O–H groups in total. The lowest BCUT2D eigenvalue weighted by molar-refractivity contribution is -0.122. The van der Waals surface area contributed by atoms with E-state index in [4.69, 9.17) is 0 Å². The van der Waals surface area contributed by atoms with E-state index in [2.05, 4.69) is 4.98 Å². The van der Waals surface area contributed by atoms with Crippen molar-refractivity contribution in [3.63, 3.8) is 0 Å². The van der Waals surface area contributed by atoms with E-state index in [1.54, 1.807) is 6.20 Å². The Morgan fingerprint density at radius 2 is 1.94 bits per heavy atom. The Balaban J connectivity index is 1.92. The Morgan fingerprint density at radius 3 is 2.56 bits per heavy atom. The summed E-state index contributed by atoms with van der Waals surface area (Å²) in [7, 11) is 0. The van der Waals surface area contributed by atoms with E-state index in [0.717, 1.165) is 18.5 Å². The maximum Gasteiger partial charge on any atom is 0.141 e. The van der Waals surface area contributed by atoms with Gasteiger partial charge < -0.3 is 0 Å². The van der Waals surface area contributed by atoms with Crippen LogP contribution in [0.15, 0.2) is 24.4 Å². The first-order valence-electron chi connectivity index (χ1n) is 6.29. The highest BCUT2D eigenvalue weighted by Crippen LogP contribution is 2.24. The van der Waals surface area contributed by atoms with E-state index >= 15 is 0 Å². The lowest BCUT2D eigenvalue weighted by Crippen LogP contribution is -2.16. The van der Waals surface area contributed by atoms with Crippen molar-refractivity contribution in [2.24, 2.45) is 5.92 Å². The highest BCUT2D eigenvalue weighted by molar-refractivity contribution is 5.82. The molecule has 2 nitrogen and oxygen atoms in total. The van der Waals surface area contributed by atoms with Crippen LogP contribution < -0.4 is 0 Å². The number of pyridine rings is 1. The minimum atomic E-state index is 0.296. The first-order chi connectivity index (χ1) is 7.86. The summed E-state index contributed by atoms with van der Waals surface area (Å²) in [6, 6.07) is 5.77. The molecule has 1 fully saturated rings. The molecule has 1 aromatic heterocycles. The molecule has 2 heteroatoms. The minimum absolute atomic E-state index is 0.296. The van der Waals surface area contributed by atoms with Crippen LogP contribution in [0.3, 0.4) is 0 Å². The fourth-order valence-corrected chi connectivity index (χ4v) is 2.43. The minimum Gasteiger partial charge on any atom is -0.299 e. The quantitative estimate of drug-likeness (QED) is 0.728. The maximum atomic E-state index is 12.1. The van der Waals surface area contributed by atoms with Gasteiger partial charge in [-0.1, -0.05) is 31.7 Å². The van der Waals surface area contributed by atoms with Gasteiger partial charge in [-0.05, 0) is 25.0 Å². The van der Waals surface area contributed by atoms with Gasteiger partial charge in [0, 0.05) is 24.2 Å². The van der Waals surface area contributed by atoms with E-state index in [0.29, 0.717) is 18.1 Å². The molecule has 0 amide bonds. The number of hydrogen-bond acceptors (Lipinski definition) is 2. The molecule has 16 heavy (non-hydrogen) atoms. The smallest absolute Gasteiger partial charge is 0.141 e. The summed E-state index contributed by atoms with van der Waals surface area (Å²) in [4.78, 5) is 16.3.